The first-order valence-electron chi connectivity index (χ1n) is 6.73. The highest BCUT2D eigenvalue weighted by Gasteiger charge is 2.25. The van der Waals surface area contributed by atoms with Crippen LogP contribution in [-0.4, -0.2) is 43.9 Å². The fourth-order valence-corrected chi connectivity index (χ4v) is 2.34. The SMILES string of the molecule is COc1ccc(C(=O)C(=O)N2CCCCC2)cc1OC. The van der Waals surface area contributed by atoms with Crippen LogP contribution in [0.1, 0.15) is 29.6 Å². The van der Waals surface area contributed by atoms with Gasteiger partial charge in [-0.2, -0.15) is 0 Å². The van der Waals surface area contributed by atoms with Crippen molar-refractivity contribution in [3.63, 3.8) is 0 Å². The third-order valence-corrected chi connectivity index (χ3v) is 3.48. The number of rotatable bonds is 4. The second-order valence-electron chi connectivity index (χ2n) is 4.75. The molecule has 5 heteroatoms. The van der Waals surface area contributed by atoms with Crippen molar-refractivity contribution in [2.24, 2.45) is 0 Å². The summed E-state index contributed by atoms with van der Waals surface area (Å²) in [4.78, 5) is 26.0. The second kappa shape index (κ2) is 6.41. The average molecular weight is 277 g/mol. The van der Waals surface area contributed by atoms with Gasteiger partial charge in [0.25, 0.3) is 11.7 Å². The topological polar surface area (TPSA) is 55.8 Å². The monoisotopic (exact) mass is 277 g/mol. The van der Waals surface area contributed by atoms with Crippen molar-refractivity contribution >= 4 is 11.7 Å². The van der Waals surface area contributed by atoms with E-state index in [1.165, 1.54) is 14.2 Å². The Bertz CT molecular complexity index is 507. The van der Waals surface area contributed by atoms with Gasteiger partial charge in [0.2, 0.25) is 0 Å². The Kier molecular flexibility index (Phi) is 4.61. The molecule has 0 unspecified atom stereocenters. The summed E-state index contributed by atoms with van der Waals surface area (Å²) in [5.74, 6) is 0.0593. The summed E-state index contributed by atoms with van der Waals surface area (Å²) in [6.07, 6.45) is 3.05. The molecule has 1 fully saturated rings. The molecule has 5 nitrogen and oxygen atoms in total. The van der Waals surface area contributed by atoms with E-state index in [1.54, 1.807) is 23.1 Å². The molecule has 1 aromatic rings. The van der Waals surface area contributed by atoms with Crippen molar-refractivity contribution in [2.45, 2.75) is 19.3 Å². The number of likely N-dealkylation sites (tertiary alicyclic amines) is 1. The fourth-order valence-electron chi connectivity index (χ4n) is 2.34. The molecule has 0 atom stereocenters. The summed E-state index contributed by atoms with van der Waals surface area (Å²) in [6.45, 7) is 1.33. The molecule has 1 aliphatic heterocycles. The molecule has 0 saturated carbocycles. The molecule has 108 valence electrons. The number of ether oxygens (including phenoxy) is 2. The lowest BCUT2D eigenvalue weighted by molar-refractivity contribution is -0.127. The number of amides is 1. The van der Waals surface area contributed by atoms with Gasteiger partial charge in [0.05, 0.1) is 14.2 Å². The van der Waals surface area contributed by atoms with Crippen LogP contribution in [0, 0.1) is 0 Å². The Labute approximate surface area is 118 Å². The smallest absolute Gasteiger partial charge is 0.294 e. The molecule has 1 aliphatic rings. The van der Waals surface area contributed by atoms with Crippen molar-refractivity contribution in [3.05, 3.63) is 23.8 Å². The molecule has 0 bridgehead atoms. The number of carbonyl (C=O) groups excluding carboxylic acids is 2. The molecule has 1 saturated heterocycles. The van der Waals surface area contributed by atoms with E-state index in [1.807, 2.05) is 0 Å². The Balaban J connectivity index is 2.17. The van der Waals surface area contributed by atoms with E-state index in [0.29, 0.717) is 30.2 Å². The Morgan fingerprint density at radius 3 is 2.25 bits per heavy atom. The van der Waals surface area contributed by atoms with Crippen LogP contribution < -0.4 is 9.47 Å². The minimum Gasteiger partial charge on any atom is -0.493 e. The summed E-state index contributed by atoms with van der Waals surface area (Å²) < 4.78 is 10.3. The summed E-state index contributed by atoms with van der Waals surface area (Å²) in [7, 11) is 3.02. The Morgan fingerprint density at radius 2 is 1.65 bits per heavy atom. The lowest BCUT2D eigenvalue weighted by atomic mass is 10.1. The molecule has 0 spiro atoms. The number of nitrogens with zero attached hydrogens (tertiary/aromatic N) is 1. The van der Waals surface area contributed by atoms with E-state index >= 15 is 0 Å². The summed E-state index contributed by atoms with van der Waals surface area (Å²) in [5, 5.41) is 0. The number of ketones is 1. The standard InChI is InChI=1S/C15H19NO4/c1-19-12-7-6-11(10-13(12)20-2)14(17)15(18)16-8-4-3-5-9-16/h6-7,10H,3-5,8-9H2,1-2H3. The fraction of sp³-hybridized carbons (Fsp3) is 0.467. The quantitative estimate of drug-likeness (QED) is 0.623. The number of piperidine rings is 1. The normalized spacial score (nSPS) is 14.8. The number of methoxy groups -OCH3 is 2. The molecule has 0 aromatic heterocycles. The first kappa shape index (κ1) is 14.4. The van der Waals surface area contributed by atoms with Gasteiger partial charge in [-0.05, 0) is 37.5 Å². The molecular weight excluding hydrogens is 258 g/mol. The predicted octanol–water partition coefficient (Wildman–Crippen LogP) is 1.90. The number of benzene rings is 1. The third kappa shape index (κ3) is 2.92. The van der Waals surface area contributed by atoms with Gasteiger partial charge in [0.15, 0.2) is 11.5 Å². The molecule has 20 heavy (non-hydrogen) atoms. The van der Waals surface area contributed by atoms with Crippen molar-refractivity contribution < 1.29 is 19.1 Å². The number of hydrogen-bond acceptors (Lipinski definition) is 4. The van der Waals surface area contributed by atoms with Gasteiger partial charge in [-0.15, -0.1) is 0 Å². The van der Waals surface area contributed by atoms with Crippen molar-refractivity contribution in [1.29, 1.82) is 0 Å². The van der Waals surface area contributed by atoms with Crippen LogP contribution in [0.15, 0.2) is 18.2 Å². The summed E-state index contributed by atoms with van der Waals surface area (Å²) >= 11 is 0. The lowest BCUT2D eigenvalue weighted by Gasteiger charge is -2.25. The van der Waals surface area contributed by atoms with Gasteiger partial charge in [-0.1, -0.05) is 0 Å². The van der Waals surface area contributed by atoms with Crippen LogP contribution in [0.5, 0.6) is 11.5 Å². The van der Waals surface area contributed by atoms with E-state index in [0.717, 1.165) is 19.3 Å². The number of carbonyl (C=O) groups is 2. The van der Waals surface area contributed by atoms with E-state index in [4.69, 9.17) is 9.47 Å². The average Bonchev–Trinajstić information content (AvgIpc) is 2.53. The zero-order valence-electron chi connectivity index (χ0n) is 11.8. The maximum absolute atomic E-state index is 12.2. The van der Waals surface area contributed by atoms with Gasteiger partial charge in [0, 0.05) is 18.7 Å². The van der Waals surface area contributed by atoms with Crippen LogP contribution in [0.25, 0.3) is 0 Å². The first-order chi connectivity index (χ1) is 9.67. The second-order valence-corrected chi connectivity index (χ2v) is 4.75. The maximum Gasteiger partial charge on any atom is 0.294 e. The lowest BCUT2D eigenvalue weighted by Crippen LogP contribution is -2.40. The van der Waals surface area contributed by atoms with Crippen LogP contribution >= 0.6 is 0 Å². The van der Waals surface area contributed by atoms with Crippen molar-refractivity contribution in [3.8, 4) is 11.5 Å². The third-order valence-electron chi connectivity index (χ3n) is 3.48. The molecule has 0 radical (unpaired) electrons. The van der Waals surface area contributed by atoms with E-state index < -0.39 is 11.7 Å². The van der Waals surface area contributed by atoms with Crippen LogP contribution in [0.2, 0.25) is 0 Å². The van der Waals surface area contributed by atoms with Crippen LogP contribution in [0.3, 0.4) is 0 Å². The maximum atomic E-state index is 12.2. The zero-order valence-corrected chi connectivity index (χ0v) is 11.8. The minimum atomic E-state index is -0.493. The van der Waals surface area contributed by atoms with Gasteiger partial charge in [-0.3, -0.25) is 9.59 Å². The van der Waals surface area contributed by atoms with E-state index in [9.17, 15) is 9.59 Å². The predicted molar refractivity (Wildman–Crippen MR) is 74.3 cm³/mol. The molecule has 0 N–H and O–H groups in total. The highest BCUT2D eigenvalue weighted by Crippen LogP contribution is 2.28. The van der Waals surface area contributed by atoms with Gasteiger partial charge < -0.3 is 14.4 Å². The molecule has 2 rings (SSSR count). The van der Waals surface area contributed by atoms with E-state index in [-0.39, 0.29) is 0 Å². The van der Waals surface area contributed by atoms with Crippen molar-refractivity contribution in [1.82, 2.24) is 4.90 Å². The van der Waals surface area contributed by atoms with Crippen molar-refractivity contribution in [2.75, 3.05) is 27.3 Å². The molecular formula is C15H19NO4. The Morgan fingerprint density at radius 1 is 1.00 bits per heavy atom. The molecule has 1 heterocycles. The van der Waals surface area contributed by atoms with Crippen LogP contribution in [-0.2, 0) is 4.79 Å². The Hall–Kier alpha value is -2.04. The minimum absolute atomic E-state index is 0.332. The first-order valence-corrected chi connectivity index (χ1v) is 6.73. The van der Waals surface area contributed by atoms with Gasteiger partial charge in [-0.25, -0.2) is 0 Å². The highest BCUT2D eigenvalue weighted by atomic mass is 16.5. The molecule has 1 aromatic carbocycles. The highest BCUT2D eigenvalue weighted by molar-refractivity contribution is 6.42. The van der Waals surface area contributed by atoms with Gasteiger partial charge in [0.1, 0.15) is 0 Å². The summed E-state index contributed by atoms with van der Waals surface area (Å²) in [6, 6.07) is 4.77. The largest absolute Gasteiger partial charge is 0.493 e. The summed E-state index contributed by atoms with van der Waals surface area (Å²) in [5.41, 5.74) is 0.332. The van der Waals surface area contributed by atoms with E-state index in [2.05, 4.69) is 0 Å². The van der Waals surface area contributed by atoms with Gasteiger partial charge >= 0.3 is 0 Å². The molecule has 0 aliphatic carbocycles. The van der Waals surface area contributed by atoms with Crippen LogP contribution in [0.4, 0.5) is 0 Å². The molecule has 1 amide bonds. The number of Topliss-reactive ketones (excluding diaryl/α,β-unsaturated/α-hetero) is 1. The zero-order chi connectivity index (χ0) is 14.5. The number of hydrogen-bond donors (Lipinski definition) is 0.